The Hall–Kier alpha value is -2.62. The Balaban J connectivity index is 2.22. The van der Waals surface area contributed by atoms with Gasteiger partial charge in [0.1, 0.15) is 12.5 Å². The van der Waals surface area contributed by atoms with Gasteiger partial charge < -0.3 is 10.1 Å². The molecule has 108 valence electrons. The molecular weight excluding hydrogens is 266 g/mol. The number of ether oxygens (including phenoxy) is 1. The van der Waals surface area contributed by atoms with Gasteiger partial charge in [0.25, 0.3) is 0 Å². The lowest BCUT2D eigenvalue weighted by Gasteiger charge is -2.19. The molecule has 0 aromatic heterocycles. The SMILES string of the molecule is COC(=O)CC(=O)C(Nc1ccccc1)c1ccccc1. The molecule has 0 bridgehead atoms. The number of hydrogen-bond acceptors (Lipinski definition) is 4. The maximum Gasteiger partial charge on any atom is 0.313 e. The second-order valence-corrected chi connectivity index (χ2v) is 4.57. The molecule has 0 saturated carbocycles. The summed E-state index contributed by atoms with van der Waals surface area (Å²) in [6.45, 7) is 0. The van der Waals surface area contributed by atoms with Gasteiger partial charge in [-0.3, -0.25) is 9.59 Å². The fraction of sp³-hybridized carbons (Fsp3) is 0.176. The summed E-state index contributed by atoms with van der Waals surface area (Å²) < 4.78 is 4.57. The predicted molar refractivity (Wildman–Crippen MR) is 80.9 cm³/mol. The van der Waals surface area contributed by atoms with Crippen molar-refractivity contribution in [1.29, 1.82) is 0 Å². The second-order valence-electron chi connectivity index (χ2n) is 4.57. The number of rotatable bonds is 6. The number of ketones is 1. The number of nitrogens with one attached hydrogen (secondary N) is 1. The van der Waals surface area contributed by atoms with E-state index in [4.69, 9.17) is 0 Å². The highest BCUT2D eigenvalue weighted by atomic mass is 16.5. The van der Waals surface area contributed by atoms with Gasteiger partial charge in [-0.15, -0.1) is 0 Å². The van der Waals surface area contributed by atoms with Gasteiger partial charge in [0.05, 0.1) is 7.11 Å². The average molecular weight is 283 g/mol. The minimum Gasteiger partial charge on any atom is -0.469 e. The Kier molecular flexibility index (Phi) is 5.10. The third-order valence-corrected chi connectivity index (χ3v) is 3.09. The van der Waals surface area contributed by atoms with Crippen LogP contribution in [0.5, 0.6) is 0 Å². The average Bonchev–Trinajstić information content (AvgIpc) is 2.54. The zero-order valence-electron chi connectivity index (χ0n) is 11.8. The first kappa shape index (κ1) is 14.8. The molecule has 21 heavy (non-hydrogen) atoms. The molecule has 0 radical (unpaired) electrons. The largest absolute Gasteiger partial charge is 0.469 e. The van der Waals surface area contributed by atoms with Crippen LogP contribution in [0.15, 0.2) is 60.7 Å². The molecule has 0 saturated heterocycles. The van der Waals surface area contributed by atoms with Gasteiger partial charge in [0.15, 0.2) is 5.78 Å². The third kappa shape index (κ3) is 4.18. The molecular formula is C17H17NO3. The zero-order chi connectivity index (χ0) is 15.1. The van der Waals surface area contributed by atoms with E-state index in [1.54, 1.807) is 0 Å². The quantitative estimate of drug-likeness (QED) is 0.654. The molecule has 0 aliphatic rings. The Labute approximate surface area is 123 Å². The second kappa shape index (κ2) is 7.24. The first-order valence-corrected chi connectivity index (χ1v) is 6.67. The topological polar surface area (TPSA) is 55.4 Å². The van der Waals surface area contributed by atoms with Crippen molar-refractivity contribution in [3.05, 3.63) is 66.2 Å². The molecule has 0 amide bonds. The van der Waals surface area contributed by atoms with Crippen LogP contribution in [0.2, 0.25) is 0 Å². The molecule has 2 rings (SSSR count). The normalized spacial score (nSPS) is 11.5. The van der Waals surface area contributed by atoms with Crippen LogP contribution in [-0.4, -0.2) is 18.9 Å². The monoisotopic (exact) mass is 283 g/mol. The Morgan fingerprint density at radius 3 is 2.14 bits per heavy atom. The van der Waals surface area contributed by atoms with Gasteiger partial charge in [-0.25, -0.2) is 0 Å². The van der Waals surface area contributed by atoms with Crippen molar-refractivity contribution in [3.63, 3.8) is 0 Å². The van der Waals surface area contributed by atoms with Crippen LogP contribution in [-0.2, 0) is 14.3 Å². The van der Waals surface area contributed by atoms with Crippen LogP contribution in [0.3, 0.4) is 0 Å². The van der Waals surface area contributed by atoms with Crippen LogP contribution < -0.4 is 5.32 Å². The highest BCUT2D eigenvalue weighted by molar-refractivity contribution is 6.00. The maximum atomic E-state index is 12.4. The summed E-state index contributed by atoms with van der Waals surface area (Å²) in [4.78, 5) is 23.7. The number of carbonyl (C=O) groups excluding carboxylic acids is 2. The third-order valence-electron chi connectivity index (χ3n) is 3.09. The van der Waals surface area contributed by atoms with Crippen molar-refractivity contribution in [2.24, 2.45) is 0 Å². The van der Waals surface area contributed by atoms with Crippen molar-refractivity contribution in [3.8, 4) is 0 Å². The van der Waals surface area contributed by atoms with E-state index in [-0.39, 0.29) is 12.2 Å². The van der Waals surface area contributed by atoms with Crippen molar-refractivity contribution < 1.29 is 14.3 Å². The number of benzene rings is 2. The van der Waals surface area contributed by atoms with Gasteiger partial charge in [-0.05, 0) is 17.7 Å². The summed E-state index contributed by atoms with van der Waals surface area (Å²) in [5, 5.41) is 3.17. The number of esters is 1. The van der Waals surface area contributed by atoms with Gasteiger partial charge in [-0.1, -0.05) is 48.5 Å². The van der Waals surface area contributed by atoms with E-state index < -0.39 is 12.0 Å². The molecule has 1 unspecified atom stereocenters. The standard InChI is InChI=1S/C17H17NO3/c1-21-16(20)12-15(19)17(13-8-4-2-5-9-13)18-14-10-6-3-7-11-14/h2-11,17-18H,12H2,1H3. The molecule has 4 heteroatoms. The summed E-state index contributed by atoms with van der Waals surface area (Å²) in [6, 6.07) is 18.2. The molecule has 1 atom stereocenters. The van der Waals surface area contributed by atoms with E-state index in [2.05, 4.69) is 10.1 Å². The Bertz CT molecular complexity index is 596. The fourth-order valence-corrected chi connectivity index (χ4v) is 2.01. The first-order valence-electron chi connectivity index (χ1n) is 6.67. The smallest absolute Gasteiger partial charge is 0.313 e. The maximum absolute atomic E-state index is 12.4. The van der Waals surface area contributed by atoms with Crippen LogP contribution in [0, 0.1) is 0 Å². The lowest BCUT2D eigenvalue weighted by atomic mass is 10.0. The zero-order valence-corrected chi connectivity index (χ0v) is 11.8. The van der Waals surface area contributed by atoms with Crippen molar-refractivity contribution >= 4 is 17.4 Å². The van der Waals surface area contributed by atoms with E-state index in [0.29, 0.717) is 0 Å². The summed E-state index contributed by atoms with van der Waals surface area (Å²) in [7, 11) is 1.28. The highest BCUT2D eigenvalue weighted by Crippen LogP contribution is 2.21. The molecule has 0 spiro atoms. The molecule has 4 nitrogen and oxygen atoms in total. The molecule has 0 fully saturated rings. The van der Waals surface area contributed by atoms with Crippen molar-refractivity contribution in [1.82, 2.24) is 0 Å². The van der Waals surface area contributed by atoms with Gasteiger partial charge in [0.2, 0.25) is 0 Å². The highest BCUT2D eigenvalue weighted by Gasteiger charge is 2.23. The first-order chi connectivity index (χ1) is 10.2. The minimum atomic E-state index is -0.576. The number of para-hydroxylation sites is 1. The lowest BCUT2D eigenvalue weighted by molar-refractivity contribution is -0.143. The molecule has 1 N–H and O–H groups in total. The molecule has 2 aromatic carbocycles. The van der Waals surface area contributed by atoms with Crippen LogP contribution in [0.1, 0.15) is 18.0 Å². The fourth-order valence-electron chi connectivity index (χ4n) is 2.01. The summed E-state index contributed by atoms with van der Waals surface area (Å²) in [6.07, 6.45) is -0.254. The number of hydrogen-bond donors (Lipinski definition) is 1. The minimum absolute atomic E-state index is 0.225. The van der Waals surface area contributed by atoms with Gasteiger partial charge in [0, 0.05) is 5.69 Å². The van der Waals surface area contributed by atoms with E-state index in [1.807, 2.05) is 60.7 Å². The number of anilines is 1. The van der Waals surface area contributed by atoms with Crippen LogP contribution >= 0.6 is 0 Å². The summed E-state index contributed by atoms with van der Waals surface area (Å²) in [5.41, 5.74) is 1.64. The number of carbonyl (C=O) groups is 2. The van der Waals surface area contributed by atoms with Gasteiger partial charge in [-0.2, -0.15) is 0 Å². The predicted octanol–water partition coefficient (Wildman–Crippen LogP) is 2.97. The number of Topliss-reactive ketones (excluding diaryl/α,β-unsaturated/α-hetero) is 1. The van der Waals surface area contributed by atoms with Crippen LogP contribution in [0.4, 0.5) is 5.69 Å². The molecule has 0 aliphatic carbocycles. The number of methoxy groups -OCH3 is 1. The Morgan fingerprint density at radius 2 is 1.57 bits per heavy atom. The summed E-state index contributed by atoms with van der Waals surface area (Å²) in [5.74, 6) is -0.757. The van der Waals surface area contributed by atoms with Crippen molar-refractivity contribution in [2.75, 3.05) is 12.4 Å². The van der Waals surface area contributed by atoms with E-state index in [0.717, 1.165) is 11.3 Å². The van der Waals surface area contributed by atoms with Crippen molar-refractivity contribution in [2.45, 2.75) is 12.5 Å². The summed E-state index contributed by atoms with van der Waals surface area (Å²) >= 11 is 0. The van der Waals surface area contributed by atoms with E-state index >= 15 is 0 Å². The van der Waals surface area contributed by atoms with Gasteiger partial charge >= 0.3 is 5.97 Å². The van der Waals surface area contributed by atoms with Crippen LogP contribution in [0.25, 0.3) is 0 Å². The van der Waals surface area contributed by atoms with E-state index in [1.165, 1.54) is 7.11 Å². The molecule has 0 aliphatic heterocycles. The molecule has 0 heterocycles. The van der Waals surface area contributed by atoms with E-state index in [9.17, 15) is 9.59 Å². The lowest BCUT2D eigenvalue weighted by Crippen LogP contribution is -2.23. The molecule has 2 aromatic rings. The Morgan fingerprint density at radius 1 is 1.00 bits per heavy atom.